The minimum absolute atomic E-state index is 0.0499. The van der Waals surface area contributed by atoms with E-state index in [0.29, 0.717) is 12.8 Å². The molecule has 0 saturated heterocycles. The third kappa shape index (κ3) is 31.8. The first-order chi connectivity index (χ1) is 21.1. The predicted octanol–water partition coefficient (Wildman–Crippen LogP) is 13.5. The molecule has 0 rings (SSSR count). The SMILES string of the molecule is CCCCCCCCC=CCCCCCCCCCCCC(=O)C(CCCCCCC=CCCCCCCCC)C(=O)O. The van der Waals surface area contributed by atoms with Crippen LogP contribution in [0.3, 0.4) is 0 Å². The Morgan fingerprint density at radius 1 is 0.442 bits per heavy atom. The lowest BCUT2D eigenvalue weighted by Gasteiger charge is -2.11. The number of hydrogen-bond donors (Lipinski definition) is 1. The summed E-state index contributed by atoms with van der Waals surface area (Å²) in [6.07, 6.45) is 46.6. The molecule has 252 valence electrons. The first-order valence-corrected chi connectivity index (χ1v) is 19.2. The molecule has 0 aliphatic carbocycles. The number of carboxylic acid groups (broad SMARTS) is 1. The molecule has 0 aliphatic heterocycles. The molecule has 3 heteroatoms. The minimum Gasteiger partial charge on any atom is -0.481 e. The average molecular weight is 603 g/mol. The average Bonchev–Trinajstić information content (AvgIpc) is 3.00. The van der Waals surface area contributed by atoms with Gasteiger partial charge in [-0.1, -0.05) is 167 Å². The Bertz CT molecular complexity index is 650. The van der Waals surface area contributed by atoms with Crippen LogP contribution in [-0.2, 0) is 9.59 Å². The smallest absolute Gasteiger partial charge is 0.314 e. The maximum absolute atomic E-state index is 12.5. The van der Waals surface area contributed by atoms with Gasteiger partial charge in [0.25, 0.3) is 0 Å². The lowest BCUT2D eigenvalue weighted by Crippen LogP contribution is -2.23. The normalized spacial score (nSPS) is 12.5. The maximum Gasteiger partial charge on any atom is 0.314 e. The number of allylic oxidation sites excluding steroid dienone is 4. The van der Waals surface area contributed by atoms with E-state index < -0.39 is 11.9 Å². The fraction of sp³-hybridized carbons (Fsp3) is 0.850. The summed E-state index contributed by atoms with van der Waals surface area (Å²) < 4.78 is 0. The Hall–Kier alpha value is -1.38. The summed E-state index contributed by atoms with van der Waals surface area (Å²) in [5.41, 5.74) is 0. The van der Waals surface area contributed by atoms with Crippen molar-refractivity contribution in [2.75, 3.05) is 0 Å². The van der Waals surface area contributed by atoms with Crippen molar-refractivity contribution in [3.8, 4) is 0 Å². The summed E-state index contributed by atoms with van der Waals surface area (Å²) in [6.45, 7) is 4.53. The number of unbranched alkanes of at least 4 members (excludes halogenated alkanes) is 25. The lowest BCUT2D eigenvalue weighted by molar-refractivity contribution is -0.146. The molecular weight excluding hydrogens is 528 g/mol. The van der Waals surface area contributed by atoms with Crippen LogP contribution in [0.15, 0.2) is 24.3 Å². The highest BCUT2D eigenvalue weighted by Gasteiger charge is 2.24. The summed E-state index contributed by atoms with van der Waals surface area (Å²) >= 11 is 0. The van der Waals surface area contributed by atoms with Gasteiger partial charge in [-0.15, -0.1) is 0 Å². The summed E-state index contributed by atoms with van der Waals surface area (Å²) in [5, 5.41) is 9.57. The Morgan fingerprint density at radius 3 is 1.09 bits per heavy atom. The van der Waals surface area contributed by atoms with E-state index in [1.165, 1.54) is 141 Å². The molecule has 0 aromatic rings. The molecule has 0 aliphatic rings. The van der Waals surface area contributed by atoms with Crippen LogP contribution in [0, 0.1) is 5.92 Å². The number of carboxylic acids is 1. The van der Waals surface area contributed by atoms with Crippen molar-refractivity contribution in [2.45, 2.75) is 213 Å². The summed E-state index contributed by atoms with van der Waals surface area (Å²) in [5.74, 6) is -1.76. The van der Waals surface area contributed by atoms with E-state index >= 15 is 0 Å². The van der Waals surface area contributed by atoms with Gasteiger partial charge in [-0.05, 0) is 64.2 Å². The zero-order chi connectivity index (χ0) is 31.5. The second kappa shape index (κ2) is 35.1. The number of carbonyl (C=O) groups is 2. The van der Waals surface area contributed by atoms with E-state index in [1.807, 2.05) is 0 Å². The van der Waals surface area contributed by atoms with Gasteiger partial charge in [0.15, 0.2) is 0 Å². The van der Waals surface area contributed by atoms with Crippen LogP contribution in [0.2, 0.25) is 0 Å². The van der Waals surface area contributed by atoms with Gasteiger partial charge in [-0.2, -0.15) is 0 Å². The summed E-state index contributed by atoms with van der Waals surface area (Å²) in [4.78, 5) is 24.2. The van der Waals surface area contributed by atoms with Crippen molar-refractivity contribution in [3.63, 3.8) is 0 Å². The Balaban J connectivity index is 3.57. The number of carbonyl (C=O) groups excluding carboxylic acids is 1. The molecule has 0 radical (unpaired) electrons. The topological polar surface area (TPSA) is 54.4 Å². The van der Waals surface area contributed by atoms with Crippen molar-refractivity contribution in [2.24, 2.45) is 5.92 Å². The monoisotopic (exact) mass is 603 g/mol. The molecule has 0 aromatic carbocycles. The van der Waals surface area contributed by atoms with Crippen molar-refractivity contribution >= 4 is 11.8 Å². The lowest BCUT2D eigenvalue weighted by atomic mass is 9.93. The van der Waals surface area contributed by atoms with Gasteiger partial charge in [0, 0.05) is 6.42 Å². The van der Waals surface area contributed by atoms with Crippen LogP contribution in [0.5, 0.6) is 0 Å². The quantitative estimate of drug-likeness (QED) is 0.0446. The zero-order valence-corrected chi connectivity index (χ0v) is 29.1. The summed E-state index contributed by atoms with van der Waals surface area (Å²) in [6, 6.07) is 0. The highest BCUT2D eigenvalue weighted by Crippen LogP contribution is 2.18. The number of ketones is 1. The number of rotatable bonds is 35. The minimum atomic E-state index is -0.920. The maximum atomic E-state index is 12.5. The van der Waals surface area contributed by atoms with Crippen molar-refractivity contribution in [1.82, 2.24) is 0 Å². The molecule has 0 aromatic heterocycles. The molecule has 0 fully saturated rings. The molecule has 0 amide bonds. The highest BCUT2D eigenvalue weighted by molar-refractivity contribution is 5.98. The molecule has 0 saturated carbocycles. The van der Waals surface area contributed by atoms with Crippen LogP contribution in [0.1, 0.15) is 213 Å². The van der Waals surface area contributed by atoms with Crippen LogP contribution < -0.4 is 0 Å². The van der Waals surface area contributed by atoms with Gasteiger partial charge >= 0.3 is 5.97 Å². The second-order valence-electron chi connectivity index (χ2n) is 13.1. The van der Waals surface area contributed by atoms with Gasteiger partial charge in [0.2, 0.25) is 0 Å². The Labute approximate surface area is 269 Å². The molecule has 0 bridgehead atoms. The number of Topliss-reactive ketones (excluding diaryl/α,β-unsaturated/α-hetero) is 1. The zero-order valence-electron chi connectivity index (χ0n) is 29.1. The molecular formula is C40H74O3. The van der Waals surface area contributed by atoms with E-state index in [-0.39, 0.29) is 5.78 Å². The molecule has 43 heavy (non-hydrogen) atoms. The van der Waals surface area contributed by atoms with Crippen LogP contribution in [0.4, 0.5) is 0 Å². The Kier molecular flexibility index (Phi) is 34.0. The van der Waals surface area contributed by atoms with Crippen molar-refractivity contribution in [3.05, 3.63) is 24.3 Å². The predicted molar refractivity (Wildman–Crippen MR) is 189 cm³/mol. The highest BCUT2D eigenvalue weighted by atomic mass is 16.4. The van der Waals surface area contributed by atoms with Crippen LogP contribution in [0.25, 0.3) is 0 Å². The summed E-state index contributed by atoms with van der Waals surface area (Å²) in [7, 11) is 0. The number of aliphatic carboxylic acids is 1. The molecule has 0 spiro atoms. The van der Waals surface area contributed by atoms with E-state index in [4.69, 9.17) is 0 Å². The molecule has 0 heterocycles. The van der Waals surface area contributed by atoms with Gasteiger partial charge in [0.1, 0.15) is 11.7 Å². The fourth-order valence-corrected chi connectivity index (χ4v) is 5.92. The van der Waals surface area contributed by atoms with Gasteiger partial charge < -0.3 is 5.11 Å². The Morgan fingerprint density at radius 2 is 0.744 bits per heavy atom. The van der Waals surface area contributed by atoms with Crippen molar-refractivity contribution in [1.29, 1.82) is 0 Å². The van der Waals surface area contributed by atoms with E-state index in [2.05, 4.69) is 38.2 Å². The van der Waals surface area contributed by atoms with E-state index in [0.717, 1.165) is 44.9 Å². The van der Waals surface area contributed by atoms with Crippen molar-refractivity contribution < 1.29 is 14.7 Å². The first kappa shape index (κ1) is 41.6. The standard InChI is InChI=1S/C40H74O3/c1-3-5-7-9-11-13-15-17-19-20-21-22-23-25-27-29-31-33-35-37-39(41)38(40(42)43)36-34-32-30-28-26-24-18-16-14-12-10-8-6-4-2/h17-19,24,38H,3-16,20-23,25-37H2,1-2H3,(H,42,43). The molecule has 3 nitrogen and oxygen atoms in total. The van der Waals surface area contributed by atoms with Gasteiger partial charge in [-0.25, -0.2) is 0 Å². The first-order valence-electron chi connectivity index (χ1n) is 19.2. The number of hydrogen-bond acceptors (Lipinski definition) is 2. The van der Waals surface area contributed by atoms with E-state index in [1.54, 1.807) is 0 Å². The fourth-order valence-electron chi connectivity index (χ4n) is 5.92. The van der Waals surface area contributed by atoms with Crippen LogP contribution in [-0.4, -0.2) is 16.9 Å². The van der Waals surface area contributed by atoms with E-state index in [9.17, 15) is 14.7 Å². The largest absolute Gasteiger partial charge is 0.481 e. The second-order valence-corrected chi connectivity index (χ2v) is 13.1. The van der Waals surface area contributed by atoms with Gasteiger partial charge in [-0.3, -0.25) is 9.59 Å². The molecule has 1 unspecified atom stereocenters. The third-order valence-corrected chi connectivity index (χ3v) is 8.88. The van der Waals surface area contributed by atoms with Gasteiger partial charge in [0.05, 0.1) is 0 Å². The molecule has 1 atom stereocenters. The third-order valence-electron chi connectivity index (χ3n) is 8.88. The van der Waals surface area contributed by atoms with Crippen LogP contribution >= 0.6 is 0 Å². The molecule has 1 N–H and O–H groups in total.